The Kier molecular flexibility index (Phi) is 3.89. The summed E-state index contributed by atoms with van der Waals surface area (Å²) in [6, 6.07) is 0.829. The molecule has 0 aliphatic carbocycles. The van der Waals surface area contributed by atoms with Gasteiger partial charge >= 0.3 is 0 Å². The minimum absolute atomic E-state index is 0.0194. The van der Waals surface area contributed by atoms with Gasteiger partial charge in [-0.25, -0.2) is 4.98 Å². The molecule has 5 heteroatoms. The average Bonchev–Trinajstić information content (AvgIpc) is 2.99. The van der Waals surface area contributed by atoms with Gasteiger partial charge in [0.15, 0.2) is 0 Å². The Bertz CT molecular complexity index is 429. The van der Waals surface area contributed by atoms with Crippen molar-refractivity contribution in [2.45, 2.75) is 50.8 Å². The van der Waals surface area contributed by atoms with Gasteiger partial charge in [0.1, 0.15) is 5.01 Å². The number of thiazole rings is 1. The van der Waals surface area contributed by atoms with Gasteiger partial charge in [0.05, 0.1) is 18.2 Å². The Balaban J connectivity index is 1.60. The van der Waals surface area contributed by atoms with Crippen LogP contribution < -0.4 is 5.32 Å². The first-order valence-corrected chi connectivity index (χ1v) is 7.95. The van der Waals surface area contributed by atoms with Crippen molar-refractivity contribution >= 4 is 11.3 Å². The van der Waals surface area contributed by atoms with Crippen molar-refractivity contribution in [3.8, 4) is 0 Å². The molecule has 0 aromatic carbocycles. The molecule has 2 saturated heterocycles. The first-order chi connectivity index (χ1) is 9.17. The minimum Gasteiger partial charge on any atom is -0.378 e. The lowest BCUT2D eigenvalue weighted by molar-refractivity contribution is -0.0902. The fourth-order valence-corrected chi connectivity index (χ4v) is 3.84. The van der Waals surface area contributed by atoms with Gasteiger partial charge in [0.2, 0.25) is 0 Å². The van der Waals surface area contributed by atoms with E-state index >= 15 is 0 Å². The van der Waals surface area contributed by atoms with Crippen LogP contribution in [0, 0.1) is 6.92 Å². The molecule has 1 N–H and O–H groups in total. The largest absolute Gasteiger partial charge is 0.378 e. The van der Waals surface area contributed by atoms with E-state index in [1.165, 1.54) is 5.01 Å². The van der Waals surface area contributed by atoms with Crippen LogP contribution in [0.3, 0.4) is 0 Å². The smallest absolute Gasteiger partial charge is 0.110 e. The number of hydrogen-bond donors (Lipinski definition) is 1. The van der Waals surface area contributed by atoms with Gasteiger partial charge in [-0.15, -0.1) is 11.3 Å². The predicted octanol–water partition coefficient (Wildman–Crippen LogP) is 2.44. The molecule has 1 aromatic rings. The van der Waals surface area contributed by atoms with Crippen molar-refractivity contribution in [2.75, 3.05) is 19.8 Å². The van der Waals surface area contributed by atoms with Crippen LogP contribution in [0.5, 0.6) is 0 Å². The fraction of sp³-hybridized carbons (Fsp3) is 0.786. The van der Waals surface area contributed by atoms with Gasteiger partial charge in [0.25, 0.3) is 0 Å². The topological polar surface area (TPSA) is 43.4 Å². The van der Waals surface area contributed by atoms with Crippen molar-refractivity contribution in [2.24, 2.45) is 0 Å². The molecule has 3 unspecified atom stereocenters. The molecular formula is C14H22N2O2S. The molecule has 2 fully saturated rings. The van der Waals surface area contributed by atoms with E-state index in [0.29, 0.717) is 12.1 Å². The van der Waals surface area contributed by atoms with E-state index in [1.54, 1.807) is 11.3 Å². The van der Waals surface area contributed by atoms with E-state index in [4.69, 9.17) is 9.47 Å². The summed E-state index contributed by atoms with van der Waals surface area (Å²) < 4.78 is 11.5. The van der Waals surface area contributed by atoms with Crippen molar-refractivity contribution in [1.82, 2.24) is 10.3 Å². The molecule has 0 bridgehead atoms. The first kappa shape index (κ1) is 13.5. The minimum atomic E-state index is -0.0194. The maximum atomic E-state index is 5.97. The third kappa shape index (κ3) is 2.99. The molecule has 0 amide bonds. The van der Waals surface area contributed by atoms with Crippen LogP contribution in [0.2, 0.25) is 0 Å². The summed E-state index contributed by atoms with van der Waals surface area (Å²) in [6.45, 7) is 6.69. The standard InChI is InChI=1S/C14H22N2O2S/c1-10-8-19-13(15-10)11(2)16-12-3-5-18-14(7-12)4-6-17-9-14/h8,11-12,16H,3-7,9H2,1-2H3. The molecular weight excluding hydrogens is 260 g/mol. The molecule has 19 heavy (non-hydrogen) atoms. The van der Waals surface area contributed by atoms with E-state index in [1.807, 2.05) is 6.92 Å². The third-order valence-electron chi connectivity index (χ3n) is 4.05. The van der Waals surface area contributed by atoms with Crippen LogP contribution in [0.25, 0.3) is 0 Å². The van der Waals surface area contributed by atoms with Crippen LogP contribution >= 0.6 is 11.3 Å². The third-order valence-corrected chi connectivity index (χ3v) is 5.20. The number of aromatic nitrogens is 1. The highest BCUT2D eigenvalue weighted by Gasteiger charge is 2.41. The highest BCUT2D eigenvalue weighted by Crippen LogP contribution is 2.33. The molecule has 3 atom stereocenters. The molecule has 2 aliphatic heterocycles. The summed E-state index contributed by atoms with van der Waals surface area (Å²) in [6.07, 6.45) is 3.17. The van der Waals surface area contributed by atoms with Crippen molar-refractivity contribution < 1.29 is 9.47 Å². The predicted molar refractivity (Wildman–Crippen MR) is 75.5 cm³/mol. The second-order valence-corrected chi connectivity index (χ2v) is 6.63. The Morgan fingerprint density at radius 1 is 1.53 bits per heavy atom. The van der Waals surface area contributed by atoms with Crippen LogP contribution in [-0.4, -0.2) is 36.4 Å². The monoisotopic (exact) mass is 282 g/mol. The molecule has 3 rings (SSSR count). The summed E-state index contributed by atoms with van der Waals surface area (Å²) in [7, 11) is 0. The van der Waals surface area contributed by atoms with Crippen molar-refractivity contribution in [3.05, 3.63) is 16.1 Å². The molecule has 1 spiro atoms. The van der Waals surface area contributed by atoms with Gasteiger partial charge in [-0.1, -0.05) is 0 Å². The summed E-state index contributed by atoms with van der Waals surface area (Å²) in [5.41, 5.74) is 1.09. The van der Waals surface area contributed by atoms with Gasteiger partial charge in [0, 0.05) is 36.8 Å². The van der Waals surface area contributed by atoms with E-state index in [2.05, 4.69) is 22.6 Å². The maximum Gasteiger partial charge on any atom is 0.110 e. The number of rotatable bonds is 3. The second kappa shape index (κ2) is 5.48. The SMILES string of the molecule is Cc1csc(C(C)NC2CCOC3(CCOC3)C2)n1. The lowest BCUT2D eigenvalue weighted by Gasteiger charge is -2.38. The number of nitrogens with one attached hydrogen (secondary N) is 1. The zero-order chi connectivity index (χ0) is 13.3. The average molecular weight is 282 g/mol. The molecule has 4 nitrogen and oxygen atoms in total. The number of nitrogens with zero attached hydrogens (tertiary/aromatic N) is 1. The van der Waals surface area contributed by atoms with Crippen LogP contribution in [0.4, 0.5) is 0 Å². The number of hydrogen-bond acceptors (Lipinski definition) is 5. The Morgan fingerprint density at radius 2 is 2.42 bits per heavy atom. The molecule has 2 aliphatic rings. The van der Waals surface area contributed by atoms with Gasteiger partial charge < -0.3 is 14.8 Å². The molecule has 3 heterocycles. The van der Waals surface area contributed by atoms with Crippen LogP contribution in [-0.2, 0) is 9.47 Å². The Morgan fingerprint density at radius 3 is 3.11 bits per heavy atom. The van der Waals surface area contributed by atoms with Crippen molar-refractivity contribution in [3.63, 3.8) is 0 Å². The Hall–Kier alpha value is -0.490. The normalized spacial score (nSPS) is 32.8. The van der Waals surface area contributed by atoms with Gasteiger partial charge in [-0.3, -0.25) is 0 Å². The lowest BCUT2D eigenvalue weighted by atomic mass is 9.89. The van der Waals surface area contributed by atoms with E-state index < -0.39 is 0 Å². The molecule has 1 aromatic heterocycles. The Labute approximate surface area is 118 Å². The highest BCUT2D eigenvalue weighted by atomic mass is 32.1. The zero-order valence-corrected chi connectivity index (χ0v) is 12.5. The second-order valence-electron chi connectivity index (χ2n) is 5.74. The molecule has 0 saturated carbocycles. The lowest BCUT2D eigenvalue weighted by Crippen LogP contribution is -2.48. The maximum absolute atomic E-state index is 5.97. The number of aryl methyl sites for hydroxylation is 1. The molecule has 106 valence electrons. The van der Waals surface area contributed by atoms with Crippen molar-refractivity contribution in [1.29, 1.82) is 0 Å². The summed E-state index contributed by atoms with van der Waals surface area (Å²) in [4.78, 5) is 4.57. The summed E-state index contributed by atoms with van der Waals surface area (Å²) in [5, 5.41) is 7.01. The van der Waals surface area contributed by atoms with E-state index in [9.17, 15) is 0 Å². The summed E-state index contributed by atoms with van der Waals surface area (Å²) >= 11 is 1.74. The van der Waals surface area contributed by atoms with Gasteiger partial charge in [-0.2, -0.15) is 0 Å². The van der Waals surface area contributed by atoms with E-state index in [-0.39, 0.29) is 5.60 Å². The zero-order valence-electron chi connectivity index (χ0n) is 11.6. The fourth-order valence-electron chi connectivity index (χ4n) is 3.03. The molecule has 0 radical (unpaired) electrons. The first-order valence-electron chi connectivity index (χ1n) is 7.07. The van der Waals surface area contributed by atoms with E-state index in [0.717, 1.165) is 44.8 Å². The number of ether oxygens (including phenoxy) is 2. The van der Waals surface area contributed by atoms with Crippen LogP contribution in [0.15, 0.2) is 5.38 Å². The quantitative estimate of drug-likeness (QED) is 0.925. The van der Waals surface area contributed by atoms with Crippen LogP contribution in [0.1, 0.15) is 42.9 Å². The highest BCUT2D eigenvalue weighted by molar-refractivity contribution is 7.09. The summed E-state index contributed by atoms with van der Waals surface area (Å²) in [5.74, 6) is 0. The van der Waals surface area contributed by atoms with Gasteiger partial charge in [-0.05, 0) is 26.7 Å².